The molecule has 3 aromatic carbocycles. The maximum Gasteiger partial charge on any atom is 0.269 e. The van der Waals surface area contributed by atoms with Crippen molar-refractivity contribution in [2.75, 3.05) is 10.2 Å². The topological polar surface area (TPSA) is 73.2 Å². The zero-order chi connectivity index (χ0) is 25.1. The monoisotopic (exact) mass is 521 g/mol. The summed E-state index contributed by atoms with van der Waals surface area (Å²) in [4.78, 5) is 28.2. The predicted octanol–water partition coefficient (Wildman–Crippen LogP) is 6.68. The molecule has 0 spiro atoms. The van der Waals surface area contributed by atoms with Gasteiger partial charge < -0.3 is 5.32 Å². The van der Waals surface area contributed by atoms with Gasteiger partial charge in [0.1, 0.15) is 16.7 Å². The third-order valence-electron chi connectivity index (χ3n) is 5.54. The molecule has 1 fully saturated rings. The van der Waals surface area contributed by atoms with Crippen LogP contribution in [0.15, 0.2) is 77.3 Å². The second-order valence-electron chi connectivity index (χ2n) is 8.14. The van der Waals surface area contributed by atoms with Crippen molar-refractivity contribution < 1.29 is 9.59 Å². The quantitative estimate of drug-likeness (QED) is 0.300. The van der Waals surface area contributed by atoms with Crippen molar-refractivity contribution in [1.82, 2.24) is 0 Å². The van der Waals surface area contributed by atoms with Gasteiger partial charge in [-0.05, 0) is 56.2 Å². The minimum Gasteiger partial charge on any atom is -0.321 e. The number of amides is 2. The van der Waals surface area contributed by atoms with E-state index in [0.717, 1.165) is 16.7 Å². The van der Waals surface area contributed by atoms with Crippen molar-refractivity contribution in [3.05, 3.63) is 104 Å². The standard InChI is InChI=1S/C27H21Cl2N3O2S/c1-16-6-10-19(11-7-16)31-25(33)21(15-30)27-32(20-12-8-17(2)9-13-20)26(34)23(35-27)14-18-4-3-5-22(28)24(18)29/h3-13,23H,14H2,1-2H3,(H,31,33)/b27-21+. The van der Waals surface area contributed by atoms with Crippen molar-refractivity contribution >= 4 is 58.2 Å². The van der Waals surface area contributed by atoms with Gasteiger partial charge in [0.15, 0.2) is 0 Å². The minimum absolute atomic E-state index is 0.135. The highest BCUT2D eigenvalue weighted by molar-refractivity contribution is 8.05. The Morgan fingerprint density at radius 3 is 2.29 bits per heavy atom. The first-order valence-electron chi connectivity index (χ1n) is 10.8. The van der Waals surface area contributed by atoms with E-state index in [-0.39, 0.29) is 16.5 Å². The Balaban J connectivity index is 1.74. The lowest BCUT2D eigenvalue weighted by Gasteiger charge is -2.19. The maximum absolute atomic E-state index is 13.6. The van der Waals surface area contributed by atoms with Crippen LogP contribution in [0.4, 0.5) is 11.4 Å². The maximum atomic E-state index is 13.6. The van der Waals surface area contributed by atoms with Crippen molar-refractivity contribution in [2.24, 2.45) is 0 Å². The number of carbonyl (C=O) groups is 2. The number of nitriles is 1. The van der Waals surface area contributed by atoms with Gasteiger partial charge in [-0.2, -0.15) is 5.26 Å². The molecule has 35 heavy (non-hydrogen) atoms. The first-order valence-corrected chi connectivity index (χ1v) is 12.4. The summed E-state index contributed by atoms with van der Waals surface area (Å²) in [6.07, 6.45) is 0.299. The number of nitrogens with one attached hydrogen (secondary N) is 1. The summed E-state index contributed by atoms with van der Waals surface area (Å²) in [5, 5.41) is 13.2. The number of hydrogen-bond acceptors (Lipinski definition) is 4. The van der Waals surface area contributed by atoms with Gasteiger partial charge in [0, 0.05) is 11.4 Å². The minimum atomic E-state index is -0.585. The molecule has 1 heterocycles. The average molecular weight is 522 g/mol. The molecule has 0 aliphatic carbocycles. The van der Waals surface area contributed by atoms with Gasteiger partial charge in [0.2, 0.25) is 5.91 Å². The van der Waals surface area contributed by atoms with Gasteiger partial charge in [-0.1, -0.05) is 82.5 Å². The first kappa shape index (κ1) is 24.9. The predicted molar refractivity (Wildman–Crippen MR) is 143 cm³/mol. The number of nitrogens with zero attached hydrogens (tertiary/aromatic N) is 2. The Hall–Kier alpha value is -3.24. The molecule has 1 saturated heterocycles. The molecule has 8 heteroatoms. The molecule has 0 bridgehead atoms. The Morgan fingerprint density at radius 1 is 1.03 bits per heavy atom. The molecule has 5 nitrogen and oxygen atoms in total. The van der Waals surface area contributed by atoms with Crippen LogP contribution in [0.25, 0.3) is 0 Å². The van der Waals surface area contributed by atoms with Crippen LogP contribution < -0.4 is 10.2 Å². The van der Waals surface area contributed by atoms with Gasteiger partial charge in [0.25, 0.3) is 5.91 Å². The van der Waals surface area contributed by atoms with Crippen molar-refractivity contribution in [1.29, 1.82) is 5.26 Å². The number of carbonyl (C=O) groups excluding carboxylic acids is 2. The second kappa shape index (κ2) is 10.6. The fraction of sp³-hybridized carbons (Fsp3) is 0.148. The molecule has 0 radical (unpaired) electrons. The van der Waals surface area contributed by atoms with Crippen LogP contribution in [0.5, 0.6) is 0 Å². The van der Waals surface area contributed by atoms with E-state index in [2.05, 4.69) is 5.32 Å². The fourth-order valence-electron chi connectivity index (χ4n) is 3.65. The van der Waals surface area contributed by atoms with Crippen LogP contribution in [-0.2, 0) is 16.0 Å². The summed E-state index contributed by atoms with van der Waals surface area (Å²) in [5.74, 6) is -0.814. The van der Waals surface area contributed by atoms with Gasteiger partial charge in [-0.25, -0.2) is 0 Å². The number of anilines is 2. The second-order valence-corrected chi connectivity index (χ2v) is 10.1. The third-order valence-corrected chi connectivity index (χ3v) is 7.66. The number of aryl methyl sites for hydroxylation is 2. The van der Waals surface area contributed by atoms with E-state index in [0.29, 0.717) is 27.8 Å². The number of halogens is 2. The Labute approximate surface area is 218 Å². The molecule has 1 atom stereocenters. The molecule has 1 unspecified atom stereocenters. The summed E-state index contributed by atoms with van der Waals surface area (Å²) in [6, 6.07) is 21.9. The van der Waals surface area contributed by atoms with Crippen LogP contribution in [0, 0.1) is 25.2 Å². The largest absolute Gasteiger partial charge is 0.321 e. The molecule has 3 aromatic rings. The van der Waals surface area contributed by atoms with Crippen LogP contribution in [0.3, 0.4) is 0 Å². The SMILES string of the molecule is Cc1ccc(NC(=O)/C(C#N)=C2/SC(Cc3cccc(Cl)c3Cl)C(=O)N2c2ccc(C)cc2)cc1. The van der Waals surface area contributed by atoms with Crippen molar-refractivity contribution in [3.63, 3.8) is 0 Å². The molecule has 1 aliphatic heterocycles. The molecular weight excluding hydrogens is 501 g/mol. The van der Waals surface area contributed by atoms with Crippen molar-refractivity contribution in [3.8, 4) is 6.07 Å². The van der Waals surface area contributed by atoms with E-state index in [1.54, 1.807) is 36.4 Å². The summed E-state index contributed by atoms with van der Waals surface area (Å²) in [7, 11) is 0. The number of benzene rings is 3. The van der Waals surface area contributed by atoms with E-state index in [4.69, 9.17) is 23.2 Å². The Morgan fingerprint density at radius 2 is 1.66 bits per heavy atom. The molecular formula is C27H21Cl2N3O2S. The normalized spacial score (nSPS) is 16.7. The molecule has 176 valence electrons. The van der Waals surface area contributed by atoms with E-state index < -0.39 is 11.2 Å². The molecule has 4 rings (SSSR count). The molecule has 1 N–H and O–H groups in total. The zero-order valence-electron chi connectivity index (χ0n) is 19.0. The van der Waals surface area contributed by atoms with Crippen LogP contribution >= 0.6 is 35.0 Å². The lowest BCUT2D eigenvalue weighted by molar-refractivity contribution is -0.117. The van der Waals surface area contributed by atoms with Gasteiger partial charge in [-0.15, -0.1) is 0 Å². The summed E-state index contributed by atoms with van der Waals surface area (Å²) < 4.78 is 0. The van der Waals surface area contributed by atoms with Crippen LogP contribution in [-0.4, -0.2) is 17.1 Å². The lowest BCUT2D eigenvalue weighted by atomic mass is 10.1. The summed E-state index contributed by atoms with van der Waals surface area (Å²) >= 11 is 13.7. The van der Waals surface area contributed by atoms with E-state index in [9.17, 15) is 14.9 Å². The van der Waals surface area contributed by atoms with E-state index >= 15 is 0 Å². The van der Waals surface area contributed by atoms with Crippen LogP contribution in [0.2, 0.25) is 10.0 Å². The molecule has 0 aromatic heterocycles. The lowest BCUT2D eigenvalue weighted by Crippen LogP contribution is -2.31. The zero-order valence-corrected chi connectivity index (χ0v) is 21.3. The third kappa shape index (κ3) is 5.38. The highest BCUT2D eigenvalue weighted by Gasteiger charge is 2.41. The average Bonchev–Trinajstić information content (AvgIpc) is 3.15. The summed E-state index contributed by atoms with van der Waals surface area (Å²) in [5.41, 5.74) is 3.80. The smallest absolute Gasteiger partial charge is 0.269 e. The molecule has 1 aliphatic rings. The van der Waals surface area contributed by atoms with Gasteiger partial charge >= 0.3 is 0 Å². The van der Waals surface area contributed by atoms with E-state index in [1.165, 1.54) is 16.7 Å². The Kier molecular flexibility index (Phi) is 7.51. The summed E-state index contributed by atoms with van der Waals surface area (Å²) in [6.45, 7) is 3.89. The van der Waals surface area contributed by atoms with Crippen LogP contribution in [0.1, 0.15) is 16.7 Å². The van der Waals surface area contributed by atoms with E-state index in [1.807, 2.05) is 50.2 Å². The van der Waals surface area contributed by atoms with Gasteiger partial charge in [0.05, 0.1) is 15.3 Å². The number of hydrogen-bond donors (Lipinski definition) is 1. The first-order chi connectivity index (χ1) is 16.8. The molecule has 2 amide bonds. The highest BCUT2D eigenvalue weighted by atomic mass is 35.5. The number of rotatable bonds is 5. The van der Waals surface area contributed by atoms with Gasteiger partial charge in [-0.3, -0.25) is 14.5 Å². The fourth-order valence-corrected chi connectivity index (χ4v) is 5.34. The Bertz CT molecular complexity index is 1360. The number of thioether (sulfide) groups is 1. The molecule has 0 saturated carbocycles. The highest BCUT2D eigenvalue weighted by Crippen LogP contribution is 2.43. The van der Waals surface area contributed by atoms with Crippen molar-refractivity contribution in [2.45, 2.75) is 25.5 Å².